The molecule has 0 saturated heterocycles. The van der Waals surface area contributed by atoms with E-state index >= 15 is 0 Å². The van der Waals surface area contributed by atoms with Crippen molar-refractivity contribution in [3.05, 3.63) is 84.0 Å². The average molecular weight is 421 g/mol. The lowest BCUT2D eigenvalue weighted by Crippen LogP contribution is -2.26. The first kappa shape index (κ1) is 21.3. The molecule has 0 aliphatic carbocycles. The molecular formula is C22H19N3O6. The monoisotopic (exact) mass is 421 g/mol. The first-order chi connectivity index (χ1) is 14.9. The second-order valence-corrected chi connectivity index (χ2v) is 6.16. The first-order valence-corrected chi connectivity index (χ1v) is 9.03. The molecule has 0 unspecified atom stereocenters. The van der Waals surface area contributed by atoms with Gasteiger partial charge in [0.1, 0.15) is 22.9 Å². The number of esters is 2. The molecule has 1 aromatic heterocycles. The topological polar surface area (TPSA) is 121 Å². The van der Waals surface area contributed by atoms with E-state index in [0.717, 1.165) is 0 Å². The fourth-order valence-corrected chi connectivity index (χ4v) is 2.81. The number of aromatic nitrogens is 1. The molecule has 3 rings (SSSR count). The second-order valence-electron chi connectivity index (χ2n) is 6.16. The quantitative estimate of drug-likeness (QED) is 0.706. The van der Waals surface area contributed by atoms with Gasteiger partial charge in [0.25, 0.3) is 5.91 Å². The normalized spacial score (nSPS) is 12.9. The number of anilines is 1. The van der Waals surface area contributed by atoms with Crippen molar-refractivity contribution in [2.24, 2.45) is 5.73 Å². The Labute approximate surface area is 178 Å². The number of methoxy groups -OCH3 is 2. The lowest BCUT2D eigenvalue weighted by atomic mass is 10.1. The van der Waals surface area contributed by atoms with Crippen molar-refractivity contribution < 1.29 is 28.6 Å². The van der Waals surface area contributed by atoms with Gasteiger partial charge in [0.05, 0.1) is 19.8 Å². The van der Waals surface area contributed by atoms with Gasteiger partial charge in [-0.05, 0) is 30.4 Å². The van der Waals surface area contributed by atoms with Crippen LogP contribution in [0.1, 0.15) is 10.5 Å². The summed E-state index contributed by atoms with van der Waals surface area (Å²) in [6.45, 7) is 0. The molecule has 2 aromatic rings. The number of ether oxygens (including phenoxy) is 3. The first-order valence-electron chi connectivity index (χ1n) is 9.03. The molecule has 2 N–H and O–H groups in total. The third kappa shape index (κ3) is 4.78. The van der Waals surface area contributed by atoms with Crippen LogP contribution in [-0.4, -0.2) is 37.0 Å². The lowest BCUT2D eigenvalue weighted by molar-refractivity contribution is -0.139. The van der Waals surface area contributed by atoms with Crippen molar-refractivity contribution in [3.8, 4) is 11.5 Å². The highest BCUT2D eigenvalue weighted by molar-refractivity contribution is 6.05. The van der Waals surface area contributed by atoms with Gasteiger partial charge in [-0.15, -0.1) is 0 Å². The van der Waals surface area contributed by atoms with E-state index in [2.05, 4.69) is 4.98 Å². The van der Waals surface area contributed by atoms with Crippen LogP contribution in [-0.2, 0) is 19.1 Å². The Bertz CT molecular complexity index is 1120. The molecule has 0 saturated carbocycles. The summed E-state index contributed by atoms with van der Waals surface area (Å²) < 4.78 is 15.5. The molecule has 1 aromatic carbocycles. The summed E-state index contributed by atoms with van der Waals surface area (Å²) in [4.78, 5) is 41.5. The third-order valence-electron chi connectivity index (χ3n) is 4.20. The van der Waals surface area contributed by atoms with Gasteiger partial charge in [0, 0.05) is 30.2 Å². The summed E-state index contributed by atoms with van der Waals surface area (Å²) in [6, 6.07) is 9.76. The van der Waals surface area contributed by atoms with Crippen molar-refractivity contribution in [1.82, 2.24) is 4.98 Å². The highest BCUT2D eigenvalue weighted by atomic mass is 16.5. The van der Waals surface area contributed by atoms with Crippen molar-refractivity contribution in [2.45, 2.75) is 0 Å². The molecular weight excluding hydrogens is 402 g/mol. The Morgan fingerprint density at radius 3 is 2.42 bits per heavy atom. The van der Waals surface area contributed by atoms with Crippen molar-refractivity contribution in [1.29, 1.82) is 0 Å². The Morgan fingerprint density at radius 2 is 1.71 bits per heavy atom. The maximum absolute atomic E-state index is 12.5. The van der Waals surface area contributed by atoms with E-state index in [-0.39, 0.29) is 17.0 Å². The smallest absolute Gasteiger partial charge is 0.355 e. The van der Waals surface area contributed by atoms with Crippen LogP contribution in [0.5, 0.6) is 11.5 Å². The Kier molecular flexibility index (Phi) is 6.46. The minimum atomic E-state index is -0.719. The summed E-state index contributed by atoms with van der Waals surface area (Å²) in [7, 11) is 2.45. The van der Waals surface area contributed by atoms with E-state index in [4.69, 9.17) is 19.9 Å². The predicted molar refractivity (Wildman–Crippen MR) is 111 cm³/mol. The largest absolute Gasteiger partial charge is 0.465 e. The molecule has 0 radical (unpaired) electrons. The minimum Gasteiger partial charge on any atom is -0.465 e. The van der Waals surface area contributed by atoms with Crippen LogP contribution in [0.4, 0.5) is 5.69 Å². The number of pyridine rings is 1. The van der Waals surface area contributed by atoms with Crippen molar-refractivity contribution >= 4 is 23.5 Å². The Hall–Kier alpha value is -4.40. The summed E-state index contributed by atoms with van der Waals surface area (Å²) in [6.07, 6.45) is 7.75. The van der Waals surface area contributed by atoms with Crippen LogP contribution in [0.25, 0.3) is 0 Å². The highest BCUT2D eigenvalue weighted by Gasteiger charge is 2.27. The molecule has 0 atom stereocenters. The van der Waals surface area contributed by atoms with E-state index in [0.29, 0.717) is 17.2 Å². The van der Waals surface area contributed by atoms with Crippen LogP contribution in [0.3, 0.4) is 0 Å². The zero-order chi connectivity index (χ0) is 22.4. The summed E-state index contributed by atoms with van der Waals surface area (Å²) in [5.41, 5.74) is 5.85. The van der Waals surface area contributed by atoms with E-state index in [1.54, 1.807) is 48.7 Å². The average Bonchev–Trinajstić information content (AvgIpc) is 3.01. The molecule has 31 heavy (non-hydrogen) atoms. The van der Waals surface area contributed by atoms with Gasteiger partial charge in [-0.1, -0.05) is 12.1 Å². The number of nitrogens with two attached hydrogens (primary N) is 1. The van der Waals surface area contributed by atoms with Crippen LogP contribution >= 0.6 is 0 Å². The summed E-state index contributed by atoms with van der Waals surface area (Å²) in [5, 5.41) is 0. The molecule has 9 heteroatoms. The van der Waals surface area contributed by atoms with E-state index < -0.39 is 17.8 Å². The maximum atomic E-state index is 12.5. The van der Waals surface area contributed by atoms with Gasteiger partial charge in [0.2, 0.25) is 0 Å². The maximum Gasteiger partial charge on any atom is 0.355 e. The zero-order valence-electron chi connectivity index (χ0n) is 16.8. The number of carbonyl (C=O) groups excluding carboxylic acids is 3. The SMILES string of the molecule is COC(=O)C1=C(C(=O)OC)N(c2cccc(Oc3ccnc(C(N)=O)c3)c2)C=CC=C1. The molecule has 0 fully saturated rings. The van der Waals surface area contributed by atoms with Crippen LogP contribution < -0.4 is 15.4 Å². The molecule has 158 valence electrons. The van der Waals surface area contributed by atoms with Crippen LogP contribution in [0.15, 0.2) is 78.3 Å². The second kappa shape index (κ2) is 9.40. The fourth-order valence-electron chi connectivity index (χ4n) is 2.81. The highest BCUT2D eigenvalue weighted by Crippen LogP contribution is 2.31. The number of primary amides is 1. The number of hydrogen-bond acceptors (Lipinski definition) is 8. The predicted octanol–water partition coefficient (Wildman–Crippen LogP) is 2.46. The number of carbonyl (C=O) groups is 3. The molecule has 1 amide bonds. The van der Waals surface area contributed by atoms with Crippen LogP contribution in [0.2, 0.25) is 0 Å². The Morgan fingerprint density at radius 1 is 0.968 bits per heavy atom. The third-order valence-corrected chi connectivity index (χ3v) is 4.20. The van der Waals surface area contributed by atoms with Gasteiger partial charge in [0.15, 0.2) is 0 Å². The number of allylic oxidation sites excluding steroid dienone is 2. The summed E-state index contributed by atoms with van der Waals surface area (Å²) in [5.74, 6) is -1.32. The molecule has 2 heterocycles. The van der Waals surface area contributed by atoms with E-state index in [1.807, 2.05) is 0 Å². The fraction of sp³-hybridized carbons (Fsp3) is 0.0909. The molecule has 1 aliphatic heterocycles. The number of rotatable bonds is 6. The Balaban J connectivity index is 2.01. The van der Waals surface area contributed by atoms with Gasteiger partial charge in [-0.25, -0.2) is 9.59 Å². The van der Waals surface area contributed by atoms with Crippen LogP contribution in [0, 0.1) is 0 Å². The number of hydrogen-bond donors (Lipinski definition) is 1. The standard InChI is InChI=1S/C22H19N3O6/c1-29-21(27)17-8-3-4-11-25(19(17)22(28)30-2)14-6-5-7-15(12-14)31-16-9-10-24-18(13-16)20(23)26/h3-13H,1-2H3,(H2,23,26). The molecule has 1 aliphatic rings. The number of nitrogens with zero attached hydrogens (tertiary/aromatic N) is 2. The molecule has 9 nitrogen and oxygen atoms in total. The van der Waals surface area contributed by atoms with E-state index in [1.165, 1.54) is 37.5 Å². The zero-order valence-corrected chi connectivity index (χ0v) is 16.8. The lowest BCUT2D eigenvalue weighted by Gasteiger charge is -2.23. The summed E-state index contributed by atoms with van der Waals surface area (Å²) >= 11 is 0. The van der Waals surface area contributed by atoms with Crippen molar-refractivity contribution in [3.63, 3.8) is 0 Å². The van der Waals surface area contributed by atoms with Gasteiger partial charge in [-0.2, -0.15) is 0 Å². The number of amides is 1. The van der Waals surface area contributed by atoms with Gasteiger partial charge < -0.3 is 24.8 Å². The van der Waals surface area contributed by atoms with Gasteiger partial charge in [-0.3, -0.25) is 9.78 Å². The van der Waals surface area contributed by atoms with Crippen molar-refractivity contribution in [2.75, 3.05) is 19.1 Å². The molecule has 0 spiro atoms. The number of benzene rings is 1. The van der Waals surface area contributed by atoms with Gasteiger partial charge >= 0.3 is 11.9 Å². The molecule has 0 bridgehead atoms. The van der Waals surface area contributed by atoms with E-state index in [9.17, 15) is 14.4 Å². The minimum absolute atomic E-state index is 0.0172.